The van der Waals surface area contributed by atoms with Crippen molar-refractivity contribution in [3.8, 4) is 0 Å². The van der Waals surface area contributed by atoms with E-state index in [2.05, 4.69) is 37.1 Å². The van der Waals surface area contributed by atoms with Gasteiger partial charge in [0, 0.05) is 44.0 Å². The van der Waals surface area contributed by atoms with Crippen molar-refractivity contribution in [2.24, 2.45) is 0 Å². The monoisotopic (exact) mass is 340 g/mol. The van der Waals surface area contributed by atoms with Crippen LogP contribution < -0.4 is 10.5 Å². The van der Waals surface area contributed by atoms with Gasteiger partial charge in [-0.3, -0.25) is 14.3 Å². The topological polar surface area (TPSA) is 84.5 Å². The average Bonchev–Trinajstić information content (AvgIpc) is 3.00. The second-order valence-electron chi connectivity index (χ2n) is 6.43. The van der Waals surface area contributed by atoms with Crippen molar-refractivity contribution in [1.29, 1.82) is 0 Å². The van der Waals surface area contributed by atoms with Gasteiger partial charge in [0.25, 0.3) is 5.56 Å². The van der Waals surface area contributed by atoms with Gasteiger partial charge in [-0.25, -0.2) is 4.98 Å². The molecule has 4 rings (SSSR count). The molecule has 0 N–H and O–H groups in total. The van der Waals surface area contributed by atoms with Gasteiger partial charge in [-0.15, -0.1) is 15.3 Å². The van der Waals surface area contributed by atoms with Gasteiger partial charge in [-0.05, 0) is 26.1 Å². The number of likely N-dealkylation sites (N-methyl/N-ethyl adjacent to an activating group) is 1. The highest BCUT2D eigenvalue weighted by atomic mass is 16.1. The van der Waals surface area contributed by atoms with Crippen LogP contribution in [0.1, 0.15) is 5.69 Å². The number of anilines is 1. The Labute approximate surface area is 144 Å². The van der Waals surface area contributed by atoms with Crippen molar-refractivity contribution in [2.75, 3.05) is 31.6 Å². The number of hydrogen-bond acceptors (Lipinski definition) is 7. The van der Waals surface area contributed by atoms with Gasteiger partial charge in [0.15, 0.2) is 5.65 Å². The molecule has 1 fully saturated rings. The van der Waals surface area contributed by atoms with Crippen molar-refractivity contribution in [3.63, 3.8) is 0 Å². The van der Waals surface area contributed by atoms with Crippen molar-refractivity contribution in [1.82, 2.24) is 34.3 Å². The summed E-state index contributed by atoms with van der Waals surface area (Å²) in [5.41, 5.74) is 1.50. The van der Waals surface area contributed by atoms with Crippen molar-refractivity contribution >= 4 is 11.5 Å². The molecule has 0 radical (unpaired) electrons. The fraction of sp³-hybridized carbons (Fsp3) is 0.438. The molecular formula is C16H20N8O. The largest absolute Gasteiger partial charge is 0.352 e. The Morgan fingerprint density at radius 1 is 1.28 bits per heavy atom. The number of hydrogen-bond donors (Lipinski definition) is 0. The first-order chi connectivity index (χ1) is 12.1. The Kier molecular flexibility index (Phi) is 3.92. The summed E-state index contributed by atoms with van der Waals surface area (Å²) in [4.78, 5) is 20.6. The van der Waals surface area contributed by atoms with Crippen LogP contribution in [-0.4, -0.2) is 67.0 Å². The zero-order valence-corrected chi connectivity index (χ0v) is 14.3. The van der Waals surface area contributed by atoms with E-state index in [4.69, 9.17) is 0 Å². The number of aromatic nitrogens is 6. The van der Waals surface area contributed by atoms with E-state index >= 15 is 0 Å². The molecule has 25 heavy (non-hydrogen) atoms. The summed E-state index contributed by atoms with van der Waals surface area (Å²) in [7, 11) is 2.09. The van der Waals surface area contributed by atoms with Crippen LogP contribution in [0.5, 0.6) is 0 Å². The highest BCUT2D eigenvalue weighted by Crippen LogP contribution is 2.21. The first-order valence-electron chi connectivity index (χ1n) is 8.25. The Balaban J connectivity index is 1.32. The third kappa shape index (κ3) is 3.10. The molecule has 9 heteroatoms. The van der Waals surface area contributed by atoms with Crippen LogP contribution in [0.4, 0.5) is 5.82 Å². The lowest BCUT2D eigenvalue weighted by Crippen LogP contribution is -2.59. The number of aryl methyl sites for hydroxylation is 1. The maximum absolute atomic E-state index is 11.9. The molecule has 0 spiro atoms. The van der Waals surface area contributed by atoms with Crippen molar-refractivity contribution in [2.45, 2.75) is 19.5 Å². The molecule has 3 aromatic heterocycles. The highest BCUT2D eigenvalue weighted by molar-refractivity contribution is 5.47. The van der Waals surface area contributed by atoms with Crippen LogP contribution in [0.2, 0.25) is 0 Å². The van der Waals surface area contributed by atoms with Gasteiger partial charge in [0.2, 0.25) is 0 Å². The van der Waals surface area contributed by atoms with E-state index in [1.807, 2.05) is 19.1 Å². The highest BCUT2D eigenvalue weighted by Gasteiger charge is 2.30. The molecule has 0 amide bonds. The minimum Gasteiger partial charge on any atom is -0.352 e. The standard InChI is InChI=1S/C16H20N8O/c1-12-7-16(25)22(10-17-12)6-5-21(2)13-8-23(9-13)15-4-3-14-19-18-11-24(14)20-15/h3-4,7,10-11,13H,5-6,8-9H2,1-2H3. The lowest BCUT2D eigenvalue weighted by molar-refractivity contribution is 0.196. The van der Waals surface area contributed by atoms with E-state index in [1.54, 1.807) is 27.8 Å². The maximum atomic E-state index is 11.9. The van der Waals surface area contributed by atoms with Crippen LogP contribution in [0, 0.1) is 6.92 Å². The van der Waals surface area contributed by atoms with E-state index < -0.39 is 0 Å². The normalized spacial score (nSPS) is 15.1. The maximum Gasteiger partial charge on any atom is 0.253 e. The summed E-state index contributed by atoms with van der Waals surface area (Å²) in [5.74, 6) is 0.927. The quantitative estimate of drug-likeness (QED) is 0.636. The molecule has 3 aromatic rings. The summed E-state index contributed by atoms with van der Waals surface area (Å²) in [6.45, 7) is 5.10. The molecular weight excluding hydrogens is 320 g/mol. The molecule has 0 aromatic carbocycles. The van der Waals surface area contributed by atoms with Crippen molar-refractivity contribution < 1.29 is 0 Å². The molecule has 0 unspecified atom stereocenters. The van der Waals surface area contributed by atoms with E-state index in [1.165, 1.54) is 0 Å². The van der Waals surface area contributed by atoms with Crippen LogP contribution in [0.3, 0.4) is 0 Å². The Bertz CT molecular complexity index is 942. The Morgan fingerprint density at radius 3 is 2.92 bits per heavy atom. The average molecular weight is 340 g/mol. The summed E-state index contributed by atoms with van der Waals surface area (Å²) >= 11 is 0. The van der Waals surface area contributed by atoms with Crippen LogP contribution in [0.25, 0.3) is 5.65 Å². The van der Waals surface area contributed by atoms with Gasteiger partial charge >= 0.3 is 0 Å². The minimum absolute atomic E-state index is 0.00239. The van der Waals surface area contributed by atoms with E-state index in [9.17, 15) is 4.79 Å². The molecule has 0 bridgehead atoms. The first-order valence-corrected chi connectivity index (χ1v) is 8.25. The number of rotatable bonds is 5. The number of fused-ring (bicyclic) bond motifs is 1. The third-order valence-corrected chi connectivity index (χ3v) is 4.67. The summed E-state index contributed by atoms with van der Waals surface area (Å²) in [5, 5.41) is 12.3. The second kappa shape index (κ2) is 6.25. The Morgan fingerprint density at radius 2 is 2.12 bits per heavy atom. The molecule has 0 saturated carbocycles. The fourth-order valence-corrected chi connectivity index (χ4v) is 2.94. The Hall–Kier alpha value is -2.81. The second-order valence-corrected chi connectivity index (χ2v) is 6.43. The van der Waals surface area contributed by atoms with Crippen LogP contribution in [-0.2, 0) is 6.54 Å². The molecule has 1 aliphatic heterocycles. The predicted molar refractivity (Wildman–Crippen MR) is 92.6 cm³/mol. The fourth-order valence-electron chi connectivity index (χ4n) is 2.94. The third-order valence-electron chi connectivity index (χ3n) is 4.67. The van der Waals surface area contributed by atoms with E-state index in [-0.39, 0.29) is 5.56 Å². The van der Waals surface area contributed by atoms with E-state index in [0.29, 0.717) is 12.6 Å². The van der Waals surface area contributed by atoms with Crippen LogP contribution >= 0.6 is 0 Å². The first kappa shape index (κ1) is 15.7. The van der Waals surface area contributed by atoms with Gasteiger partial charge < -0.3 is 4.90 Å². The zero-order chi connectivity index (χ0) is 17.4. The summed E-state index contributed by atoms with van der Waals surface area (Å²) in [6, 6.07) is 5.91. The lowest BCUT2D eigenvalue weighted by Gasteiger charge is -2.44. The predicted octanol–water partition coefficient (Wildman–Crippen LogP) is -0.190. The molecule has 1 aliphatic rings. The van der Waals surface area contributed by atoms with E-state index in [0.717, 1.165) is 36.8 Å². The minimum atomic E-state index is 0.00239. The number of nitrogens with zero attached hydrogens (tertiary/aromatic N) is 8. The molecule has 1 saturated heterocycles. The van der Waals surface area contributed by atoms with Gasteiger partial charge in [0.05, 0.1) is 6.33 Å². The van der Waals surface area contributed by atoms with Gasteiger partial charge in [0.1, 0.15) is 12.1 Å². The summed E-state index contributed by atoms with van der Waals surface area (Å²) in [6.07, 6.45) is 3.23. The molecule has 4 heterocycles. The smallest absolute Gasteiger partial charge is 0.253 e. The van der Waals surface area contributed by atoms with Crippen LogP contribution in [0.15, 0.2) is 35.6 Å². The van der Waals surface area contributed by atoms with Gasteiger partial charge in [-0.2, -0.15) is 4.52 Å². The molecule has 0 atom stereocenters. The van der Waals surface area contributed by atoms with Crippen molar-refractivity contribution in [3.05, 3.63) is 46.9 Å². The SMILES string of the molecule is Cc1cc(=O)n(CCN(C)C2CN(c3ccc4nncn4n3)C2)cn1. The lowest BCUT2D eigenvalue weighted by atomic mass is 10.1. The molecule has 0 aliphatic carbocycles. The summed E-state index contributed by atoms with van der Waals surface area (Å²) < 4.78 is 3.34. The zero-order valence-electron chi connectivity index (χ0n) is 14.3. The molecule has 130 valence electrons. The molecule has 9 nitrogen and oxygen atoms in total. The van der Waals surface area contributed by atoms with Gasteiger partial charge in [-0.1, -0.05) is 0 Å².